The van der Waals surface area contributed by atoms with Gasteiger partial charge in [0.1, 0.15) is 0 Å². The molecule has 3 nitrogen and oxygen atoms in total. The Labute approximate surface area is 121 Å². The van der Waals surface area contributed by atoms with Crippen molar-refractivity contribution in [2.75, 3.05) is 6.26 Å². The first-order chi connectivity index (χ1) is 9.49. The van der Waals surface area contributed by atoms with Gasteiger partial charge in [-0.15, -0.1) is 0 Å². The summed E-state index contributed by atoms with van der Waals surface area (Å²) >= 11 is 0. The Hall–Kier alpha value is -0.870. The Morgan fingerprint density at radius 3 is 2.35 bits per heavy atom. The highest BCUT2D eigenvalue weighted by Crippen LogP contribution is 2.44. The maximum atomic E-state index is 11.2. The van der Waals surface area contributed by atoms with E-state index in [4.69, 9.17) is 0 Å². The summed E-state index contributed by atoms with van der Waals surface area (Å²) in [6, 6.07) is 8.64. The lowest BCUT2D eigenvalue weighted by Gasteiger charge is -2.23. The third-order valence-electron chi connectivity index (χ3n) is 4.76. The molecule has 4 heteroatoms. The lowest BCUT2D eigenvalue weighted by Crippen LogP contribution is -2.33. The van der Waals surface area contributed by atoms with Gasteiger partial charge in [-0.25, -0.2) is 8.42 Å². The molecule has 1 N–H and O–H groups in total. The van der Waals surface area contributed by atoms with Crippen LogP contribution in [0.5, 0.6) is 0 Å². The van der Waals surface area contributed by atoms with Crippen LogP contribution in [0.15, 0.2) is 24.3 Å². The maximum absolute atomic E-state index is 11.2. The van der Waals surface area contributed by atoms with Gasteiger partial charge in [-0.2, -0.15) is 0 Å². The first-order valence-electron chi connectivity index (χ1n) is 7.48. The Balaban J connectivity index is 1.53. The van der Waals surface area contributed by atoms with Crippen molar-refractivity contribution in [2.24, 2.45) is 11.8 Å². The third kappa shape index (κ3) is 3.41. The predicted molar refractivity (Wildman–Crippen MR) is 81.1 cm³/mol. The van der Waals surface area contributed by atoms with E-state index in [9.17, 15) is 8.42 Å². The molecule has 2 aliphatic rings. The summed E-state index contributed by atoms with van der Waals surface area (Å²) in [6.45, 7) is 0.896. The monoisotopic (exact) mass is 293 g/mol. The van der Waals surface area contributed by atoms with E-state index >= 15 is 0 Å². The normalized spacial score (nSPS) is 28.9. The predicted octanol–water partition coefficient (Wildman–Crippen LogP) is 2.51. The van der Waals surface area contributed by atoms with Crippen molar-refractivity contribution in [1.82, 2.24) is 5.32 Å². The van der Waals surface area contributed by atoms with Crippen LogP contribution in [0.2, 0.25) is 0 Å². The topological polar surface area (TPSA) is 46.2 Å². The first-order valence-corrected chi connectivity index (χ1v) is 9.54. The van der Waals surface area contributed by atoms with E-state index < -0.39 is 9.84 Å². The minimum atomic E-state index is -2.94. The van der Waals surface area contributed by atoms with Crippen molar-refractivity contribution in [2.45, 2.75) is 44.0 Å². The number of nitrogens with one attached hydrogen (secondary N) is 1. The number of rotatable bonds is 5. The van der Waals surface area contributed by atoms with Crippen LogP contribution in [-0.2, 0) is 22.1 Å². The van der Waals surface area contributed by atoms with Gasteiger partial charge >= 0.3 is 0 Å². The van der Waals surface area contributed by atoms with Gasteiger partial charge in [0.15, 0.2) is 9.84 Å². The zero-order valence-electron chi connectivity index (χ0n) is 12.0. The number of benzene rings is 1. The number of sulfone groups is 1. The first kappa shape index (κ1) is 14.1. The summed E-state index contributed by atoms with van der Waals surface area (Å²) < 4.78 is 22.5. The molecule has 1 aromatic rings. The average Bonchev–Trinajstić information content (AvgIpc) is 2.98. The van der Waals surface area contributed by atoms with E-state index in [1.807, 2.05) is 24.3 Å². The minimum absolute atomic E-state index is 0.132. The van der Waals surface area contributed by atoms with Crippen LogP contribution >= 0.6 is 0 Å². The van der Waals surface area contributed by atoms with Crippen LogP contribution < -0.4 is 5.32 Å². The summed E-state index contributed by atoms with van der Waals surface area (Å²) in [5.41, 5.74) is 2.11. The highest BCUT2D eigenvalue weighted by Gasteiger charge is 2.38. The van der Waals surface area contributed by atoms with Crippen molar-refractivity contribution < 1.29 is 8.42 Å². The molecule has 0 spiro atoms. The van der Waals surface area contributed by atoms with Gasteiger partial charge in [-0.3, -0.25) is 0 Å². The zero-order valence-corrected chi connectivity index (χ0v) is 12.8. The molecule has 3 atom stereocenters. The van der Waals surface area contributed by atoms with Crippen molar-refractivity contribution in [1.29, 1.82) is 0 Å². The molecular formula is C16H23NO2S. The molecule has 2 saturated carbocycles. The van der Waals surface area contributed by atoms with Crippen LogP contribution in [-0.4, -0.2) is 20.7 Å². The molecule has 0 radical (unpaired) electrons. The molecule has 110 valence electrons. The van der Waals surface area contributed by atoms with Crippen LogP contribution in [0.25, 0.3) is 0 Å². The Morgan fingerprint density at radius 2 is 1.80 bits per heavy atom. The Morgan fingerprint density at radius 1 is 1.10 bits per heavy atom. The number of fused-ring (bicyclic) bond motifs is 2. The smallest absolute Gasteiger partial charge is 0.151 e. The second-order valence-corrected chi connectivity index (χ2v) is 8.69. The van der Waals surface area contributed by atoms with E-state index in [1.54, 1.807) is 0 Å². The molecule has 0 unspecified atom stereocenters. The summed E-state index contributed by atoms with van der Waals surface area (Å²) in [5, 5.41) is 3.68. The molecule has 20 heavy (non-hydrogen) atoms. The van der Waals surface area contributed by atoms with Crippen LogP contribution in [0.1, 0.15) is 36.8 Å². The van der Waals surface area contributed by atoms with Crippen molar-refractivity contribution in [3.05, 3.63) is 35.4 Å². The lowest BCUT2D eigenvalue weighted by atomic mass is 9.95. The highest BCUT2D eigenvalue weighted by atomic mass is 32.2. The standard InChI is InChI=1S/C16H23NO2S/c1-20(18,19)11-13-4-2-12(3-5-13)10-17-16-9-14-6-7-15(16)8-14/h2-5,14-17H,6-11H2,1H3/t14-,15-,16+/m0/s1. The molecule has 2 aliphatic carbocycles. The molecule has 2 bridgehead atoms. The van der Waals surface area contributed by atoms with Crippen molar-refractivity contribution >= 4 is 9.84 Å². The number of hydrogen-bond donors (Lipinski definition) is 1. The zero-order chi connectivity index (χ0) is 14.2. The van der Waals surface area contributed by atoms with Crippen LogP contribution in [0.4, 0.5) is 0 Å². The lowest BCUT2D eigenvalue weighted by molar-refractivity contribution is 0.351. The fraction of sp³-hybridized carbons (Fsp3) is 0.625. The van der Waals surface area contributed by atoms with E-state index in [0.717, 1.165) is 23.9 Å². The molecule has 3 rings (SSSR count). The summed E-state index contributed by atoms with van der Waals surface area (Å²) in [5.74, 6) is 1.99. The van der Waals surface area contributed by atoms with E-state index in [2.05, 4.69) is 5.32 Å². The van der Waals surface area contributed by atoms with Gasteiger partial charge in [0.2, 0.25) is 0 Å². The van der Waals surface area contributed by atoms with Gasteiger partial charge in [-0.1, -0.05) is 30.7 Å². The second kappa shape index (κ2) is 5.49. The van der Waals surface area contributed by atoms with Crippen LogP contribution in [0, 0.1) is 11.8 Å². The number of hydrogen-bond acceptors (Lipinski definition) is 3. The molecule has 2 fully saturated rings. The van der Waals surface area contributed by atoms with Gasteiger partial charge in [0.05, 0.1) is 5.75 Å². The molecule has 1 aromatic carbocycles. The maximum Gasteiger partial charge on any atom is 0.151 e. The Bertz CT molecular complexity index is 565. The molecule has 0 aliphatic heterocycles. The molecule has 0 aromatic heterocycles. The molecule has 0 amide bonds. The SMILES string of the molecule is CS(=O)(=O)Cc1ccc(CN[C@@H]2C[C@H]3CC[C@H]2C3)cc1. The minimum Gasteiger partial charge on any atom is -0.310 e. The largest absolute Gasteiger partial charge is 0.310 e. The quantitative estimate of drug-likeness (QED) is 0.907. The van der Waals surface area contributed by atoms with E-state index in [1.165, 1.54) is 37.5 Å². The summed E-state index contributed by atoms with van der Waals surface area (Å²) in [7, 11) is -2.94. The Kier molecular flexibility index (Phi) is 3.87. The van der Waals surface area contributed by atoms with Gasteiger partial charge < -0.3 is 5.32 Å². The van der Waals surface area contributed by atoms with Crippen LogP contribution in [0.3, 0.4) is 0 Å². The average molecular weight is 293 g/mol. The van der Waals surface area contributed by atoms with Gasteiger partial charge in [-0.05, 0) is 42.2 Å². The summed E-state index contributed by atoms with van der Waals surface area (Å²) in [4.78, 5) is 0. The van der Waals surface area contributed by atoms with E-state index in [0.29, 0.717) is 6.04 Å². The van der Waals surface area contributed by atoms with Crippen molar-refractivity contribution in [3.63, 3.8) is 0 Å². The molecule has 0 heterocycles. The van der Waals surface area contributed by atoms with Gasteiger partial charge in [0.25, 0.3) is 0 Å². The second-order valence-electron chi connectivity index (χ2n) is 6.55. The van der Waals surface area contributed by atoms with Gasteiger partial charge in [0, 0.05) is 18.8 Å². The third-order valence-corrected chi connectivity index (χ3v) is 5.62. The fourth-order valence-electron chi connectivity index (χ4n) is 3.80. The molecular weight excluding hydrogens is 270 g/mol. The van der Waals surface area contributed by atoms with E-state index in [-0.39, 0.29) is 5.75 Å². The highest BCUT2D eigenvalue weighted by molar-refractivity contribution is 7.89. The van der Waals surface area contributed by atoms with Crippen molar-refractivity contribution in [3.8, 4) is 0 Å². The fourth-order valence-corrected chi connectivity index (χ4v) is 4.60. The summed E-state index contributed by atoms with van der Waals surface area (Å²) in [6.07, 6.45) is 6.87. The molecule has 0 saturated heterocycles.